The number of hydrogen-bond donors (Lipinski definition) is 3. The van der Waals surface area contributed by atoms with Gasteiger partial charge in [0.05, 0.1) is 22.5 Å². The Balaban J connectivity index is 1.57. The van der Waals surface area contributed by atoms with Gasteiger partial charge in [0, 0.05) is 73.6 Å². The fraction of sp³-hybridized carbons (Fsp3) is 0.375. The van der Waals surface area contributed by atoms with Crippen molar-refractivity contribution < 1.29 is 24.1 Å². The van der Waals surface area contributed by atoms with Gasteiger partial charge in [-0.15, -0.1) is 0 Å². The molecule has 0 saturated heterocycles. The molecule has 56 heavy (non-hydrogen) atoms. The van der Waals surface area contributed by atoms with Crippen molar-refractivity contribution in [1.82, 2.24) is 5.32 Å². The number of hydrogen-bond acceptors (Lipinski definition) is 5. The molecule has 3 N–H and O–H groups in total. The van der Waals surface area contributed by atoms with E-state index in [0.29, 0.717) is 34.4 Å². The van der Waals surface area contributed by atoms with Gasteiger partial charge in [0.25, 0.3) is 0 Å². The molecule has 8 nitrogen and oxygen atoms in total. The Morgan fingerprint density at radius 1 is 0.750 bits per heavy atom. The molecule has 0 bridgehead atoms. The van der Waals surface area contributed by atoms with Crippen LogP contribution in [-0.4, -0.2) is 46.1 Å². The van der Waals surface area contributed by atoms with E-state index in [9.17, 15) is 19.5 Å². The highest BCUT2D eigenvalue weighted by molar-refractivity contribution is 6.40. The Morgan fingerprint density at radius 2 is 1.34 bits per heavy atom. The highest BCUT2D eigenvalue weighted by Gasteiger charge is 2.39. The second-order valence-electron chi connectivity index (χ2n) is 15.1. The smallest absolute Gasteiger partial charge is 0.221 e. The van der Waals surface area contributed by atoms with Gasteiger partial charge in [-0.3, -0.25) is 14.4 Å². The molecule has 3 aromatic rings. The van der Waals surface area contributed by atoms with E-state index in [1.54, 1.807) is 12.1 Å². The number of nitrogens with zero attached hydrogens (tertiary/aromatic N) is 2. The average molecular weight is 756 g/mol. The van der Waals surface area contributed by atoms with Gasteiger partial charge in [0.1, 0.15) is 12.3 Å². The zero-order valence-corrected chi connectivity index (χ0v) is 34.5. The second-order valence-corrected chi connectivity index (χ2v) is 15.1. The first-order valence-electron chi connectivity index (χ1n) is 20.4. The van der Waals surface area contributed by atoms with Gasteiger partial charge < -0.3 is 20.6 Å². The number of rotatable bonds is 16. The van der Waals surface area contributed by atoms with E-state index < -0.39 is 0 Å². The minimum absolute atomic E-state index is 0.122. The van der Waals surface area contributed by atoms with Crippen molar-refractivity contribution in [3.63, 3.8) is 0 Å². The van der Waals surface area contributed by atoms with Crippen LogP contribution >= 0.6 is 0 Å². The summed E-state index contributed by atoms with van der Waals surface area (Å²) < 4.78 is 2.22. The van der Waals surface area contributed by atoms with Crippen molar-refractivity contribution in [3.8, 4) is 0 Å². The maximum atomic E-state index is 14.1. The quantitative estimate of drug-likeness (QED) is 0.0998. The summed E-state index contributed by atoms with van der Waals surface area (Å²) in [5, 5.41) is 17.5. The van der Waals surface area contributed by atoms with Gasteiger partial charge in [-0.05, 0) is 78.6 Å². The first-order chi connectivity index (χ1) is 26.9. The molecule has 0 heterocycles. The second kappa shape index (κ2) is 18.9. The third-order valence-corrected chi connectivity index (χ3v) is 11.0. The third-order valence-electron chi connectivity index (χ3n) is 11.0. The van der Waals surface area contributed by atoms with Crippen LogP contribution in [0.2, 0.25) is 0 Å². The summed E-state index contributed by atoms with van der Waals surface area (Å²) >= 11 is 0. The van der Waals surface area contributed by atoms with Crippen LogP contribution in [-0.2, 0) is 14.4 Å². The van der Waals surface area contributed by atoms with Crippen LogP contribution in [0.25, 0.3) is 5.57 Å². The summed E-state index contributed by atoms with van der Waals surface area (Å²) in [6, 6.07) is 22.9. The van der Waals surface area contributed by atoms with Crippen molar-refractivity contribution >= 4 is 51.6 Å². The van der Waals surface area contributed by atoms with Crippen molar-refractivity contribution in [2.45, 2.75) is 106 Å². The van der Waals surface area contributed by atoms with Crippen LogP contribution in [0.4, 0.5) is 22.7 Å². The Labute approximate surface area is 333 Å². The molecule has 0 saturated carbocycles. The highest BCUT2D eigenvalue weighted by Crippen LogP contribution is 2.44. The number of unbranched alkanes of at least 4 members (excludes halogenated alkanes) is 2. The Bertz CT molecular complexity index is 2100. The predicted octanol–water partition coefficient (Wildman–Crippen LogP) is 10.9. The molecule has 2 aliphatic rings. The fourth-order valence-electron chi connectivity index (χ4n) is 7.21. The fourth-order valence-corrected chi connectivity index (χ4v) is 7.21. The van der Waals surface area contributed by atoms with Gasteiger partial charge in [0.15, 0.2) is 0 Å². The van der Waals surface area contributed by atoms with E-state index in [0.717, 1.165) is 74.4 Å². The maximum absolute atomic E-state index is 14.1. The van der Waals surface area contributed by atoms with Crippen LogP contribution in [0.15, 0.2) is 108 Å². The van der Waals surface area contributed by atoms with Crippen molar-refractivity contribution in [2.24, 2.45) is 0 Å². The summed E-state index contributed by atoms with van der Waals surface area (Å²) in [7, 11) is 0. The summed E-state index contributed by atoms with van der Waals surface area (Å²) in [5.41, 5.74) is 8.36. The number of amides is 2. The molecule has 0 spiro atoms. The monoisotopic (exact) mass is 755 g/mol. The number of Topliss-reactive ketones (excluding diaryl/α,β-unsaturated/α-hetero) is 1. The molecule has 2 unspecified atom stereocenters. The summed E-state index contributed by atoms with van der Waals surface area (Å²) in [5.74, 6) is -0.196. The number of benzene rings is 3. The first kappa shape index (κ1) is 41.7. The Hall–Kier alpha value is -5.50. The molecular formula is C48H59N4O4+. The number of allylic oxidation sites excluding steroid dienone is 5. The first-order valence-corrected chi connectivity index (χ1v) is 20.4. The van der Waals surface area contributed by atoms with E-state index >= 15 is 0 Å². The molecule has 0 radical (unpaired) electrons. The van der Waals surface area contributed by atoms with Crippen molar-refractivity contribution in [1.29, 1.82) is 0 Å². The minimum atomic E-state index is -0.367. The standard InChI is InChI=1S/C48H58N4O4/c1-9-13-27-51(37-19-15-35(16-20-37)31(5)11-3)39-23-25-41(43(29-39)49-33(7)53)45-47(55)46(48(45)56)42-26-24-40(30-44(42)50-34(8)54)52(28-14-10-2)38-21-17-36(18-22-38)32(6)12-4/h15-26,29-32H,9-14,27-28H2,1-8H3,(H2,49,50,53,54,55,56)/p+1. The van der Waals surface area contributed by atoms with Gasteiger partial charge >= 0.3 is 0 Å². The van der Waals surface area contributed by atoms with E-state index in [2.05, 4.69) is 110 Å². The SMILES string of the molecule is CCCCN(c1ccc(C(C)CC)cc1)c1ccc(C2=C(O)/C(=C3\C=CC(=[N+](CCCC)c4ccc(C(C)CC)cc4)C=C3NC(C)=O)C2=O)c(NC(C)=O)c1. The summed E-state index contributed by atoms with van der Waals surface area (Å²) in [6.45, 7) is 17.5. The molecule has 2 amide bonds. The van der Waals surface area contributed by atoms with Crippen LogP contribution in [0.1, 0.15) is 122 Å². The summed E-state index contributed by atoms with van der Waals surface area (Å²) in [6.07, 6.45) is 11.7. The number of aliphatic hydroxyl groups is 1. The topological polar surface area (TPSA) is 102 Å². The third kappa shape index (κ3) is 9.30. The van der Waals surface area contributed by atoms with E-state index in [-0.39, 0.29) is 34.5 Å². The number of carbonyl (C=O) groups excluding carboxylic acids is 3. The zero-order valence-electron chi connectivity index (χ0n) is 34.5. The largest absolute Gasteiger partial charge is 0.506 e. The molecule has 2 aliphatic carbocycles. The molecule has 3 aromatic carbocycles. The molecule has 5 rings (SSSR count). The molecular weight excluding hydrogens is 697 g/mol. The average Bonchev–Trinajstić information content (AvgIpc) is 3.19. The molecule has 0 fully saturated rings. The van der Waals surface area contributed by atoms with Crippen LogP contribution in [0.3, 0.4) is 0 Å². The molecule has 0 aliphatic heterocycles. The zero-order chi connectivity index (χ0) is 40.5. The van der Waals surface area contributed by atoms with Gasteiger partial charge in [-0.25, -0.2) is 0 Å². The van der Waals surface area contributed by atoms with Crippen LogP contribution < -0.4 is 15.5 Å². The van der Waals surface area contributed by atoms with Gasteiger partial charge in [-0.2, -0.15) is 4.58 Å². The van der Waals surface area contributed by atoms with E-state index in [1.807, 2.05) is 24.3 Å². The summed E-state index contributed by atoms with van der Waals surface area (Å²) in [4.78, 5) is 41.4. The lowest BCUT2D eigenvalue weighted by molar-refractivity contribution is -0.439. The molecule has 294 valence electrons. The van der Waals surface area contributed by atoms with Gasteiger partial charge in [0.2, 0.25) is 29.0 Å². The molecule has 8 heteroatoms. The predicted molar refractivity (Wildman–Crippen MR) is 230 cm³/mol. The Kier molecular flexibility index (Phi) is 14.1. The lowest BCUT2D eigenvalue weighted by Gasteiger charge is -2.29. The molecule has 2 atom stereocenters. The lowest BCUT2D eigenvalue weighted by atomic mass is 9.78. The normalized spacial score (nSPS) is 17.2. The maximum Gasteiger partial charge on any atom is 0.221 e. The molecule has 0 aromatic heterocycles. The minimum Gasteiger partial charge on any atom is -0.506 e. The van der Waals surface area contributed by atoms with E-state index in [4.69, 9.17) is 0 Å². The number of ketones is 1. The van der Waals surface area contributed by atoms with E-state index in [1.165, 1.54) is 25.0 Å². The Morgan fingerprint density at radius 3 is 1.89 bits per heavy atom. The highest BCUT2D eigenvalue weighted by atomic mass is 16.3. The van der Waals surface area contributed by atoms with Crippen LogP contribution in [0, 0.1) is 0 Å². The van der Waals surface area contributed by atoms with Gasteiger partial charge in [-0.1, -0.05) is 78.6 Å². The number of carbonyl (C=O) groups is 3. The lowest BCUT2D eigenvalue weighted by Crippen LogP contribution is -2.30. The van der Waals surface area contributed by atoms with Crippen LogP contribution in [0.5, 0.6) is 0 Å². The van der Waals surface area contributed by atoms with Crippen molar-refractivity contribution in [3.05, 3.63) is 124 Å². The number of nitrogens with one attached hydrogen (secondary N) is 2. The van der Waals surface area contributed by atoms with Crippen molar-refractivity contribution in [2.75, 3.05) is 23.3 Å². The number of aliphatic hydroxyl groups excluding tert-OH is 1. The number of anilines is 3.